The van der Waals surface area contributed by atoms with Crippen LogP contribution >= 0.6 is 11.3 Å². The predicted octanol–water partition coefficient (Wildman–Crippen LogP) is 3.23. The second kappa shape index (κ2) is 6.73. The molecule has 2 aromatic heterocycles. The number of fused-ring (bicyclic) bond motifs is 1. The maximum atomic E-state index is 14.8. The third-order valence-electron chi connectivity index (χ3n) is 3.86. The third-order valence-corrected chi connectivity index (χ3v) is 7.00. The molecule has 1 atom stereocenters. The lowest BCUT2D eigenvalue weighted by molar-refractivity contribution is -0.384. The molecule has 2 heterocycles. The van der Waals surface area contributed by atoms with Gasteiger partial charge in [0.2, 0.25) is 14.2 Å². The molecule has 0 bridgehead atoms. The van der Waals surface area contributed by atoms with Gasteiger partial charge in [0.15, 0.2) is 0 Å². The normalized spacial score (nSPS) is 12.9. The van der Waals surface area contributed by atoms with Gasteiger partial charge in [0.1, 0.15) is 5.69 Å². The number of nitro groups is 1. The number of rotatable bonds is 5. The number of hydrogen-bond acceptors (Lipinski definition) is 8. The van der Waals surface area contributed by atoms with Crippen molar-refractivity contribution in [3.63, 3.8) is 0 Å². The molecule has 0 amide bonds. The Balaban J connectivity index is 1.64. The van der Waals surface area contributed by atoms with Crippen LogP contribution in [0, 0.1) is 10.1 Å². The van der Waals surface area contributed by atoms with Crippen LogP contribution in [0.3, 0.4) is 0 Å². The minimum absolute atomic E-state index is 0.120. The van der Waals surface area contributed by atoms with Crippen molar-refractivity contribution in [2.75, 3.05) is 0 Å². The van der Waals surface area contributed by atoms with Crippen molar-refractivity contribution in [3.8, 4) is 5.69 Å². The quantitative estimate of drug-likeness (QED) is 0.360. The smallest absolute Gasteiger partial charge is 0.258 e. The Bertz CT molecular complexity index is 1250. The van der Waals surface area contributed by atoms with Crippen LogP contribution in [-0.2, 0) is 9.84 Å². The first-order chi connectivity index (χ1) is 13.4. The SMILES string of the molecule is O=[N+]([O-])c1ccc(-n2cc(C(F)S(=O)(=O)c3nc4ccccc4s3)nn2)cc1. The molecule has 1 unspecified atom stereocenters. The highest BCUT2D eigenvalue weighted by Gasteiger charge is 2.34. The summed E-state index contributed by atoms with van der Waals surface area (Å²) in [5.74, 6) is 0. The van der Waals surface area contributed by atoms with Crippen molar-refractivity contribution in [1.82, 2.24) is 20.0 Å². The Morgan fingerprint density at radius 1 is 1.14 bits per heavy atom. The Morgan fingerprint density at radius 3 is 2.54 bits per heavy atom. The van der Waals surface area contributed by atoms with Gasteiger partial charge < -0.3 is 0 Å². The number of non-ortho nitro benzene ring substituents is 1. The molecule has 0 aliphatic carbocycles. The predicted molar refractivity (Wildman–Crippen MR) is 98.7 cm³/mol. The number of benzene rings is 2. The van der Waals surface area contributed by atoms with E-state index in [1.165, 1.54) is 24.3 Å². The first-order valence-corrected chi connectivity index (χ1v) is 10.1. The maximum Gasteiger partial charge on any atom is 0.269 e. The summed E-state index contributed by atoms with van der Waals surface area (Å²) in [4.78, 5) is 14.1. The molecule has 142 valence electrons. The molecule has 0 N–H and O–H groups in total. The average Bonchev–Trinajstić information content (AvgIpc) is 3.35. The van der Waals surface area contributed by atoms with Crippen molar-refractivity contribution in [2.24, 2.45) is 0 Å². The van der Waals surface area contributed by atoms with E-state index in [1.807, 2.05) is 0 Å². The van der Waals surface area contributed by atoms with Crippen LogP contribution < -0.4 is 0 Å². The highest BCUT2D eigenvalue weighted by molar-refractivity contribution is 7.93. The Labute approximate surface area is 161 Å². The highest BCUT2D eigenvalue weighted by atomic mass is 32.2. The van der Waals surface area contributed by atoms with Gasteiger partial charge in [-0.25, -0.2) is 22.5 Å². The van der Waals surface area contributed by atoms with E-state index in [-0.39, 0.29) is 10.0 Å². The number of para-hydroxylation sites is 1. The highest BCUT2D eigenvalue weighted by Crippen LogP contribution is 2.34. The molecule has 0 saturated carbocycles. The van der Waals surface area contributed by atoms with E-state index in [0.29, 0.717) is 15.9 Å². The van der Waals surface area contributed by atoms with E-state index >= 15 is 0 Å². The minimum atomic E-state index is -4.41. The summed E-state index contributed by atoms with van der Waals surface area (Å²) in [6.45, 7) is 0. The first kappa shape index (κ1) is 18.1. The average molecular weight is 419 g/mol. The van der Waals surface area contributed by atoms with Crippen LogP contribution in [-0.4, -0.2) is 33.3 Å². The number of nitrogens with zero attached hydrogens (tertiary/aromatic N) is 5. The summed E-state index contributed by atoms with van der Waals surface area (Å²) in [7, 11) is -4.41. The summed E-state index contributed by atoms with van der Waals surface area (Å²) in [6.07, 6.45) is 1.12. The van der Waals surface area contributed by atoms with Crippen LogP contribution in [0.4, 0.5) is 10.1 Å². The summed E-state index contributed by atoms with van der Waals surface area (Å²) >= 11 is 0.877. The van der Waals surface area contributed by atoms with Gasteiger partial charge in [-0.15, -0.1) is 16.4 Å². The van der Waals surface area contributed by atoms with Crippen molar-refractivity contribution in [1.29, 1.82) is 0 Å². The molecule has 28 heavy (non-hydrogen) atoms. The van der Waals surface area contributed by atoms with Gasteiger partial charge in [-0.1, -0.05) is 17.3 Å². The topological polar surface area (TPSA) is 121 Å². The fraction of sp³-hybridized carbons (Fsp3) is 0.0625. The minimum Gasteiger partial charge on any atom is -0.258 e. The van der Waals surface area contributed by atoms with Crippen LogP contribution in [0.5, 0.6) is 0 Å². The third kappa shape index (κ3) is 3.12. The number of sulfone groups is 1. The molecule has 4 aromatic rings. The summed E-state index contributed by atoms with van der Waals surface area (Å²) in [5, 5.41) is 18.0. The maximum absolute atomic E-state index is 14.8. The number of alkyl halides is 1. The second-order valence-electron chi connectivity index (χ2n) is 5.67. The number of nitro benzene ring substituents is 1. The summed E-state index contributed by atoms with van der Waals surface area (Å²) in [6, 6.07) is 12.1. The van der Waals surface area contributed by atoms with Gasteiger partial charge in [0.05, 0.1) is 27.0 Å². The molecular weight excluding hydrogens is 409 g/mol. The molecule has 0 aliphatic heterocycles. The molecule has 0 aliphatic rings. The molecule has 12 heteroatoms. The molecule has 0 fully saturated rings. The van der Waals surface area contributed by atoms with Crippen LogP contribution in [0.25, 0.3) is 15.9 Å². The van der Waals surface area contributed by atoms with Crippen LogP contribution in [0.15, 0.2) is 59.1 Å². The Morgan fingerprint density at radius 2 is 1.86 bits per heavy atom. The molecule has 9 nitrogen and oxygen atoms in total. The van der Waals surface area contributed by atoms with Gasteiger partial charge in [-0.2, -0.15) is 0 Å². The number of hydrogen-bond donors (Lipinski definition) is 0. The number of halogens is 1. The molecule has 0 radical (unpaired) electrons. The van der Waals surface area contributed by atoms with Gasteiger partial charge in [0, 0.05) is 12.1 Å². The lowest BCUT2D eigenvalue weighted by Crippen LogP contribution is -2.09. The Kier molecular flexibility index (Phi) is 4.35. The molecule has 0 saturated heterocycles. The van der Waals surface area contributed by atoms with E-state index in [0.717, 1.165) is 22.2 Å². The summed E-state index contributed by atoms with van der Waals surface area (Å²) in [5.41, 5.74) is -2.13. The fourth-order valence-electron chi connectivity index (χ4n) is 2.45. The van der Waals surface area contributed by atoms with Crippen LogP contribution in [0.1, 0.15) is 11.2 Å². The lowest BCUT2D eigenvalue weighted by Gasteiger charge is -2.03. The number of aromatic nitrogens is 4. The zero-order valence-electron chi connectivity index (χ0n) is 13.8. The first-order valence-electron chi connectivity index (χ1n) is 7.77. The molecular formula is C16H10FN5O4S2. The van der Waals surface area contributed by atoms with Crippen molar-refractivity contribution in [2.45, 2.75) is 9.84 Å². The van der Waals surface area contributed by atoms with E-state index in [4.69, 9.17) is 0 Å². The summed E-state index contributed by atoms with van der Waals surface area (Å²) < 4.78 is 41.4. The van der Waals surface area contributed by atoms with Crippen LogP contribution in [0.2, 0.25) is 0 Å². The van der Waals surface area contributed by atoms with Gasteiger partial charge in [-0.3, -0.25) is 10.1 Å². The monoisotopic (exact) mass is 419 g/mol. The van der Waals surface area contributed by atoms with Gasteiger partial charge in [0.25, 0.3) is 11.2 Å². The zero-order valence-corrected chi connectivity index (χ0v) is 15.5. The van der Waals surface area contributed by atoms with E-state index in [2.05, 4.69) is 15.3 Å². The second-order valence-corrected chi connectivity index (χ2v) is 8.85. The van der Waals surface area contributed by atoms with Crippen molar-refractivity contribution >= 4 is 37.1 Å². The molecule has 0 spiro atoms. The largest absolute Gasteiger partial charge is 0.269 e. The number of thiazole rings is 1. The van der Waals surface area contributed by atoms with Gasteiger partial charge in [-0.05, 0) is 24.3 Å². The zero-order chi connectivity index (χ0) is 19.9. The molecule has 4 rings (SSSR count). The van der Waals surface area contributed by atoms with E-state index in [9.17, 15) is 22.9 Å². The Hall–Kier alpha value is -3.25. The van der Waals surface area contributed by atoms with Crippen molar-refractivity contribution < 1.29 is 17.7 Å². The molecule has 2 aromatic carbocycles. The van der Waals surface area contributed by atoms with Crippen molar-refractivity contribution in [3.05, 3.63) is 70.5 Å². The standard InChI is InChI=1S/C16H10FN5O4S2/c17-15(28(25,26)16-18-12-3-1-2-4-14(12)27-16)13-9-21(20-19-13)10-5-7-11(8-6-10)22(23)24/h1-9,15H. The van der Waals surface area contributed by atoms with E-state index in [1.54, 1.807) is 24.3 Å². The lowest BCUT2D eigenvalue weighted by atomic mass is 10.3. The van der Waals surface area contributed by atoms with E-state index < -0.39 is 26.0 Å². The fourth-order valence-corrected chi connectivity index (χ4v) is 4.97. The van der Waals surface area contributed by atoms with Gasteiger partial charge >= 0.3 is 0 Å².